The molecular formula is C27H22BrN3O3. The van der Waals surface area contributed by atoms with E-state index in [0.717, 1.165) is 11.1 Å². The predicted octanol–water partition coefficient (Wildman–Crippen LogP) is 5.69. The maximum absolute atomic E-state index is 12.7. The Morgan fingerprint density at radius 3 is 2.50 bits per heavy atom. The van der Waals surface area contributed by atoms with Crippen LogP contribution in [-0.4, -0.2) is 13.0 Å². The fourth-order valence-corrected chi connectivity index (χ4v) is 3.86. The smallest absolute Gasteiger partial charge is 0.262 e. The van der Waals surface area contributed by atoms with Gasteiger partial charge in [-0.15, -0.1) is 0 Å². The Labute approximate surface area is 207 Å². The lowest BCUT2D eigenvalue weighted by atomic mass is 10.1. The highest BCUT2D eigenvalue weighted by molar-refractivity contribution is 9.10. The van der Waals surface area contributed by atoms with E-state index in [0.29, 0.717) is 27.1 Å². The molecule has 0 aliphatic rings. The van der Waals surface area contributed by atoms with E-state index in [1.54, 1.807) is 24.3 Å². The Bertz CT molecular complexity index is 1290. The number of ether oxygens (including phenoxy) is 2. The van der Waals surface area contributed by atoms with Gasteiger partial charge in [-0.05, 0) is 58.3 Å². The molecule has 0 saturated heterocycles. The van der Waals surface area contributed by atoms with Crippen LogP contribution in [-0.2, 0) is 11.4 Å². The molecule has 0 aliphatic heterocycles. The van der Waals surface area contributed by atoms with E-state index in [9.17, 15) is 15.3 Å². The Morgan fingerprint density at radius 2 is 1.82 bits per heavy atom. The number of carbonyl (C=O) groups is 1. The van der Waals surface area contributed by atoms with Gasteiger partial charge in [-0.25, -0.2) is 0 Å². The average Bonchev–Trinajstić information content (AvgIpc) is 2.86. The van der Waals surface area contributed by atoms with Crippen molar-refractivity contribution in [2.24, 2.45) is 0 Å². The summed E-state index contributed by atoms with van der Waals surface area (Å²) in [7, 11) is 1.50. The van der Waals surface area contributed by atoms with Gasteiger partial charge in [0.05, 0.1) is 29.3 Å². The molecule has 3 aromatic rings. The molecule has 1 amide bonds. The van der Waals surface area contributed by atoms with Crippen LogP contribution in [0.25, 0.3) is 6.08 Å². The minimum atomic E-state index is -0.470. The second kappa shape index (κ2) is 11.7. The number of halogens is 1. The van der Waals surface area contributed by atoms with E-state index in [2.05, 4.69) is 27.3 Å². The third-order valence-electron chi connectivity index (χ3n) is 5.08. The molecule has 3 rings (SSSR count). The highest BCUT2D eigenvalue weighted by Gasteiger charge is 2.16. The second-order valence-corrected chi connectivity index (χ2v) is 8.22. The van der Waals surface area contributed by atoms with Crippen LogP contribution in [0.15, 0.2) is 76.8 Å². The van der Waals surface area contributed by atoms with Gasteiger partial charge >= 0.3 is 0 Å². The molecule has 0 heterocycles. The molecule has 0 radical (unpaired) electrons. The van der Waals surface area contributed by atoms with Crippen molar-refractivity contribution in [3.05, 3.63) is 99.0 Å². The second-order valence-electron chi connectivity index (χ2n) is 7.37. The monoisotopic (exact) mass is 515 g/mol. The number of rotatable bonds is 8. The summed E-state index contributed by atoms with van der Waals surface area (Å²) in [5.74, 6) is 0.404. The first-order valence-electron chi connectivity index (χ1n) is 10.4. The summed E-state index contributed by atoms with van der Waals surface area (Å²) in [5, 5.41) is 21.7. The van der Waals surface area contributed by atoms with E-state index < -0.39 is 5.91 Å². The molecule has 0 aliphatic carbocycles. The number of carbonyl (C=O) groups excluding carboxylic acids is 1. The van der Waals surface area contributed by atoms with Gasteiger partial charge in [0.15, 0.2) is 11.5 Å². The zero-order valence-electron chi connectivity index (χ0n) is 18.7. The third kappa shape index (κ3) is 6.04. The zero-order valence-corrected chi connectivity index (χ0v) is 20.3. The summed E-state index contributed by atoms with van der Waals surface area (Å²) in [4.78, 5) is 12.7. The minimum absolute atomic E-state index is 0.0339. The van der Waals surface area contributed by atoms with Crippen LogP contribution in [0.1, 0.15) is 35.2 Å². The Kier molecular flexibility index (Phi) is 8.45. The minimum Gasteiger partial charge on any atom is -0.493 e. The van der Waals surface area contributed by atoms with E-state index in [1.165, 1.54) is 13.2 Å². The van der Waals surface area contributed by atoms with Crippen LogP contribution in [0.2, 0.25) is 0 Å². The van der Waals surface area contributed by atoms with Gasteiger partial charge in [0, 0.05) is 5.56 Å². The van der Waals surface area contributed by atoms with Gasteiger partial charge in [0.1, 0.15) is 18.2 Å². The van der Waals surface area contributed by atoms with E-state index in [4.69, 9.17) is 9.47 Å². The third-order valence-corrected chi connectivity index (χ3v) is 5.67. The highest BCUT2D eigenvalue weighted by Crippen LogP contribution is 2.38. The van der Waals surface area contributed by atoms with Crippen LogP contribution in [0.5, 0.6) is 11.5 Å². The maximum atomic E-state index is 12.7. The number of methoxy groups -OCH3 is 1. The molecule has 1 atom stereocenters. The van der Waals surface area contributed by atoms with E-state index in [-0.39, 0.29) is 18.2 Å². The van der Waals surface area contributed by atoms with Crippen molar-refractivity contribution in [3.8, 4) is 23.6 Å². The Morgan fingerprint density at radius 1 is 1.12 bits per heavy atom. The first-order valence-corrected chi connectivity index (χ1v) is 11.2. The molecule has 3 aromatic carbocycles. The number of benzene rings is 3. The molecule has 34 heavy (non-hydrogen) atoms. The predicted molar refractivity (Wildman–Crippen MR) is 133 cm³/mol. The molecule has 0 spiro atoms. The number of hydrogen-bond acceptors (Lipinski definition) is 5. The van der Waals surface area contributed by atoms with Crippen LogP contribution in [0.4, 0.5) is 0 Å². The lowest BCUT2D eigenvalue weighted by Gasteiger charge is -2.15. The van der Waals surface area contributed by atoms with Gasteiger partial charge < -0.3 is 14.8 Å². The Balaban J connectivity index is 1.81. The van der Waals surface area contributed by atoms with Gasteiger partial charge in [-0.3, -0.25) is 4.79 Å². The summed E-state index contributed by atoms with van der Waals surface area (Å²) in [5.41, 5.74) is 2.78. The summed E-state index contributed by atoms with van der Waals surface area (Å²) >= 11 is 3.48. The molecule has 6 nitrogen and oxygen atoms in total. The van der Waals surface area contributed by atoms with Crippen LogP contribution >= 0.6 is 15.9 Å². The molecule has 0 saturated carbocycles. The van der Waals surface area contributed by atoms with Crippen LogP contribution < -0.4 is 14.8 Å². The molecule has 170 valence electrons. The standard InChI is InChI=1S/C27H22BrN3O3/c1-18(20-8-4-3-5-9-20)31-27(32)23(16-30)12-19-13-24(28)26(25(14-19)33-2)34-17-22-11-7-6-10-21(22)15-29/h3-14,18H,17H2,1-2H3,(H,31,32)/b23-12-/t18-/m1/s1. The molecule has 0 bridgehead atoms. The van der Waals surface area contributed by atoms with E-state index >= 15 is 0 Å². The van der Waals surface area contributed by atoms with Crippen molar-refractivity contribution >= 4 is 27.9 Å². The molecule has 0 unspecified atom stereocenters. The topological polar surface area (TPSA) is 95.1 Å². The zero-order chi connectivity index (χ0) is 24.5. The fourth-order valence-electron chi connectivity index (χ4n) is 3.28. The fraction of sp³-hybridized carbons (Fsp3) is 0.148. The summed E-state index contributed by atoms with van der Waals surface area (Å²) in [6.07, 6.45) is 1.50. The number of hydrogen-bond donors (Lipinski definition) is 1. The molecular weight excluding hydrogens is 494 g/mol. The van der Waals surface area contributed by atoms with Crippen LogP contribution in [0.3, 0.4) is 0 Å². The normalized spacial score (nSPS) is 11.6. The van der Waals surface area contributed by atoms with Gasteiger partial charge in [0.2, 0.25) is 0 Å². The molecule has 7 heteroatoms. The molecule has 0 aromatic heterocycles. The lowest BCUT2D eigenvalue weighted by Crippen LogP contribution is -2.27. The van der Waals surface area contributed by atoms with Gasteiger partial charge in [0.25, 0.3) is 5.91 Å². The van der Waals surface area contributed by atoms with Crippen molar-refractivity contribution in [2.45, 2.75) is 19.6 Å². The maximum Gasteiger partial charge on any atom is 0.262 e. The van der Waals surface area contributed by atoms with Crippen molar-refractivity contribution in [2.75, 3.05) is 7.11 Å². The number of nitriles is 2. The van der Waals surface area contributed by atoms with Gasteiger partial charge in [-0.2, -0.15) is 10.5 Å². The van der Waals surface area contributed by atoms with E-state index in [1.807, 2.05) is 55.5 Å². The quantitative estimate of drug-likeness (QED) is 0.307. The molecule has 1 N–H and O–H groups in total. The van der Waals surface area contributed by atoms with Crippen molar-refractivity contribution in [1.82, 2.24) is 5.32 Å². The molecule has 0 fully saturated rings. The highest BCUT2D eigenvalue weighted by atomic mass is 79.9. The largest absolute Gasteiger partial charge is 0.493 e. The summed E-state index contributed by atoms with van der Waals surface area (Å²) in [6, 6.07) is 24.0. The van der Waals surface area contributed by atoms with Crippen molar-refractivity contribution in [1.29, 1.82) is 10.5 Å². The number of amides is 1. The SMILES string of the molecule is COc1cc(/C=C(/C#N)C(=O)N[C@H](C)c2ccccc2)cc(Br)c1OCc1ccccc1C#N. The van der Waals surface area contributed by atoms with Crippen molar-refractivity contribution < 1.29 is 14.3 Å². The van der Waals surface area contributed by atoms with Gasteiger partial charge in [-0.1, -0.05) is 48.5 Å². The van der Waals surface area contributed by atoms with Crippen LogP contribution in [0, 0.1) is 22.7 Å². The van der Waals surface area contributed by atoms with Crippen molar-refractivity contribution in [3.63, 3.8) is 0 Å². The first-order chi connectivity index (χ1) is 16.5. The number of nitrogens with zero attached hydrogens (tertiary/aromatic N) is 2. The Hall–Kier alpha value is -4.07. The first kappa shape index (κ1) is 24.6. The average molecular weight is 516 g/mol. The summed E-state index contributed by atoms with van der Waals surface area (Å²) < 4.78 is 12.0. The summed E-state index contributed by atoms with van der Waals surface area (Å²) in [6.45, 7) is 2.04. The number of nitrogens with one attached hydrogen (secondary N) is 1. The lowest BCUT2D eigenvalue weighted by molar-refractivity contribution is -0.117.